The zero-order chi connectivity index (χ0) is 26.0. The molecule has 190 valence electrons. The first-order valence-electron chi connectivity index (χ1n) is 11.9. The zero-order valence-corrected chi connectivity index (χ0v) is 23.5. The lowest BCUT2D eigenvalue weighted by atomic mass is 9.72. The van der Waals surface area contributed by atoms with Gasteiger partial charge in [-0.05, 0) is 61.3 Å². The molecule has 0 saturated heterocycles. The van der Waals surface area contributed by atoms with Crippen molar-refractivity contribution < 1.29 is 9.53 Å². The predicted molar refractivity (Wildman–Crippen MR) is 146 cm³/mol. The van der Waals surface area contributed by atoms with E-state index in [4.69, 9.17) is 16.3 Å². The van der Waals surface area contributed by atoms with Crippen molar-refractivity contribution in [3.05, 3.63) is 39.2 Å². The Balaban J connectivity index is 1.48. The van der Waals surface area contributed by atoms with Crippen LogP contribution in [0.4, 0.5) is 5.00 Å². The summed E-state index contributed by atoms with van der Waals surface area (Å²) < 4.78 is 7.41. The third-order valence-corrected chi connectivity index (χ3v) is 8.99. The number of methoxy groups -OCH3 is 1. The number of carbonyl (C=O) groups excluding carboxylic acids is 1. The van der Waals surface area contributed by atoms with Gasteiger partial charge in [-0.2, -0.15) is 5.26 Å². The number of thioether (sulfide) groups is 1. The number of hydrogen-bond acceptors (Lipinski definition) is 7. The summed E-state index contributed by atoms with van der Waals surface area (Å²) >= 11 is 9.06. The molecule has 0 saturated carbocycles. The number of nitrogens with one attached hydrogen (secondary N) is 1. The molecule has 0 radical (unpaired) electrons. The average molecular weight is 544 g/mol. The summed E-state index contributed by atoms with van der Waals surface area (Å²) in [5, 5.41) is 23.3. The Morgan fingerprint density at radius 2 is 2.17 bits per heavy atom. The molecule has 1 amide bonds. The molecule has 3 aromatic rings. The van der Waals surface area contributed by atoms with E-state index in [-0.39, 0.29) is 17.1 Å². The summed E-state index contributed by atoms with van der Waals surface area (Å²) in [7, 11) is 1.60. The number of rotatable bonds is 7. The van der Waals surface area contributed by atoms with Crippen LogP contribution >= 0.6 is 34.7 Å². The van der Waals surface area contributed by atoms with Gasteiger partial charge in [0.15, 0.2) is 11.0 Å². The van der Waals surface area contributed by atoms with Crippen LogP contribution in [-0.2, 0) is 24.2 Å². The standard InChI is InChI=1S/C26H30ClN5O2S2/c1-6-32-23(18-12-16(27)8-10-20(18)34-5)30-31-25(32)35-14-22(33)29-24-19(13-28)17-9-7-15(26(2,3)4)11-21(17)36-24/h8,10,12,15H,6-7,9,11,14H2,1-5H3,(H,29,33). The van der Waals surface area contributed by atoms with Crippen molar-refractivity contribution in [1.29, 1.82) is 5.26 Å². The number of ether oxygens (including phenoxy) is 1. The van der Waals surface area contributed by atoms with Crippen molar-refractivity contribution in [2.75, 3.05) is 18.2 Å². The molecule has 1 unspecified atom stereocenters. The van der Waals surface area contributed by atoms with Crippen LogP contribution < -0.4 is 10.1 Å². The molecule has 10 heteroatoms. The van der Waals surface area contributed by atoms with Crippen molar-refractivity contribution >= 4 is 45.6 Å². The molecule has 7 nitrogen and oxygen atoms in total. The van der Waals surface area contributed by atoms with Crippen molar-refractivity contribution in [2.24, 2.45) is 11.3 Å². The topological polar surface area (TPSA) is 92.8 Å². The maximum Gasteiger partial charge on any atom is 0.235 e. The predicted octanol–water partition coefficient (Wildman–Crippen LogP) is 6.44. The lowest BCUT2D eigenvalue weighted by Crippen LogP contribution is -2.26. The van der Waals surface area contributed by atoms with Gasteiger partial charge in [0.05, 0.1) is 24.0 Å². The maximum absolute atomic E-state index is 12.9. The fourth-order valence-corrected chi connectivity index (χ4v) is 6.83. The van der Waals surface area contributed by atoms with E-state index in [0.717, 1.165) is 30.4 Å². The third-order valence-electron chi connectivity index (χ3n) is 6.62. The second-order valence-electron chi connectivity index (χ2n) is 9.86. The molecule has 1 aliphatic rings. The molecule has 2 aromatic heterocycles. The molecule has 1 aromatic carbocycles. The summed E-state index contributed by atoms with van der Waals surface area (Å²) in [5.74, 6) is 1.83. The van der Waals surface area contributed by atoms with Crippen LogP contribution in [0.15, 0.2) is 23.4 Å². The number of amides is 1. The van der Waals surface area contributed by atoms with E-state index in [2.05, 4.69) is 42.4 Å². The largest absolute Gasteiger partial charge is 0.496 e. The highest BCUT2D eigenvalue weighted by molar-refractivity contribution is 7.99. The number of anilines is 1. The quantitative estimate of drug-likeness (QED) is 0.344. The van der Waals surface area contributed by atoms with Crippen LogP contribution in [0.1, 0.15) is 50.1 Å². The van der Waals surface area contributed by atoms with E-state index in [1.165, 1.54) is 16.6 Å². The van der Waals surface area contributed by atoms with E-state index < -0.39 is 0 Å². The SMILES string of the molecule is CCn1c(SCC(=O)Nc2sc3c(c2C#N)CCC(C(C)(C)C)C3)nnc1-c1cc(Cl)ccc1OC. The van der Waals surface area contributed by atoms with Gasteiger partial charge in [-0.15, -0.1) is 21.5 Å². The third kappa shape index (κ3) is 5.41. The van der Waals surface area contributed by atoms with Gasteiger partial charge in [0.2, 0.25) is 5.91 Å². The molecule has 1 atom stereocenters. The first kappa shape index (κ1) is 26.5. The van der Waals surface area contributed by atoms with Crippen LogP contribution in [0, 0.1) is 22.7 Å². The fourth-order valence-electron chi connectivity index (χ4n) is 4.56. The van der Waals surface area contributed by atoms with Crippen LogP contribution in [-0.4, -0.2) is 33.5 Å². The minimum Gasteiger partial charge on any atom is -0.496 e. The van der Waals surface area contributed by atoms with E-state index in [1.807, 2.05) is 11.5 Å². The van der Waals surface area contributed by atoms with Gasteiger partial charge < -0.3 is 14.6 Å². The number of hydrogen-bond donors (Lipinski definition) is 1. The molecule has 0 aliphatic heterocycles. The lowest BCUT2D eigenvalue weighted by Gasteiger charge is -2.33. The molecule has 1 aliphatic carbocycles. The Bertz CT molecular complexity index is 1320. The average Bonchev–Trinajstić information content (AvgIpc) is 3.41. The van der Waals surface area contributed by atoms with Crippen molar-refractivity contribution in [3.63, 3.8) is 0 Å². The molecule has 0 fully saturated rings. The summed E-state index contributed by atoms with van der Waals surface area (Å²) in [6, 6.07) is 7.68. The molecular weight excluding hydrogens is 514 g/mol. The van der Waals surface area contributed by atoms with Crippen LogP contribution in [0.2, 0.25) is 5.02 Å². The van der Waals surface area contributed by atoms with E-state index in [1.54, 1.807) is 36.6 Å². The second-order valence-corrected chi connectivity index (χ2v) is 12.3. The van der Waals surface area contributed by atoms with E-state index in [9.17, 15) is 10.1 Å². The van der Waals surface area contributed by atoms with Gasteiger partial charge >= 0.3 is 0 Å². The number of nitrogens with zero attached hydrogens (tertiary/aromatic N) is 4. The van der Waals surface area contributed by atoms with Gasteiger partial charge in [-0.3, -0.25) is 4.79 Å². The Hall–Kier alpha value is -2.54. The van der Waals surface area contributed by atoms with Crippen LogP contribution in [0.3, 0.4) is 0 Å². The number of benzene rings is 1. The number of aromatic nitrogens is 3. The Labute approximate surface area is 225 Å². The van der Waals surface area contributed by atoms with Gasteiger partial charge in [0.25, 0.3) is 0 Å². The number of nitriles is 1. The first-order valence-corrected chi connectivity index (χ1v) is 14.1. The normalized spacial score (nSPS) is 15.3. The lowest BCUT2D eigenvalue weighted by molar-refractivity contribution is -0.113. The molecule has 36 heavy (non-hydrogen) atoms. The summed E-state index contributed by atoms with van der Waals surface area (Å²) in [4.78, 5) is 14.1. The first-order chi connectivity index (χ1) is 17.2. The summed E-state index contributed by atoms with van der Waals surface area (Å²) in [6.07, 6.45) is 2.91. The molecule has 1 N–H and O–H groups in total. The van der Waals surface area contributed by atoms with Gasteiger partial charge in [-0.25, -0.2) is 0 Å². The fraction of sp³-hybridized carbons (Fsp3) is 0.462. The van der Waals surface area contributed by atoms with E-state index >= 15 is 0 Å². The smallest absolute Gasteiger partial charge is 0.235 e. The van der Waals surface area contributed by atoms with Gasteiger partial charge in [-0.1, -0.05) is 44.1 Å². The van der Waals surface area contributed by atoms with Crippen LogP contribution in [0.5, 0.6) is 5.75 Å². The highest BCUT2D eigenvalue weighted by atomic mass is 35.5. The van der Waals surface area contributed by atoms with E-state index in [0.29, 0.717) is 44.8 Å². The summed E-state index contributed by atoms with van der Waals surface area (Å²) in [6.45, 7) is 9.42. The van der Waals surface area contributed by atoms with Gasteiger partial charge in [0, 0.05) is 16.4 Å². The van der Waals surface area contributed by atoms with Crippen molar-refractivity contribution in [1.82, 2.24) is 14.8 Å². The molecular formula is C26H30ClN5O2S2. The monoisotopic (exact) mass is 543 g/mol. The number of halogens is 1. The highest BCUT2D eigenvalue weighted by Crippen LogP contribution is 2.44. The minimum atomic E-state index is -0.171. The molecule has 2 heterocycles. The number of thiophene rings is 1. The second kappa shape index (κ2) is 10.8. The minimum absolute atomic E-state index is 0.156. The molecule has 0 spiro atoms. The molecule has 0 bridgehead atoms. The maximum atomic E-state index is 12.9. The zero-order valence-electron chi connectivity index (χ0n) is 21.1. The summed E-state index contributed by atoms with van der Waals surface area (Å²) in [5.41, 5.74) is 2.69. The number of carbonyl (C=O) groups is 1. The van der Waals surface area contributed by atoms with Crippen molar-refractivity contribution in [3.8, 4) is 23.2 Å². The molecule has 4 rings (SSSR count). The Morgan fingerprint density at radius 3 is 2.83 bits per heavy atom. The van der Waals surface area contributed by atoms with Gasteiger partial charge in [0.1, 0.15) is 16.8 Å². The Kier molecular flexibility index (Phi) is 7.98. The number of fused-ring (bicyclic) bond motifs is 1. The highest BCUT2D eigenvalue weighted by Gasteiger charge is 2.32. The van der Waals surface area contributed by atoms with Crippen molar-refractivity contribution in [2.45, 2.75) is 58.7 Å². The Morgan fingerprint density at radius 1 is 1.39 bits per heavy atom. The van der Waals surface area contributed by atoms with Crippen LogP contribution in [0.25, 0.3) is 11.4 Å².